The van der Waals surface area contributed by atoms with Gasteiger partial charge in [0.25, 0.3) is 5.91 Å². The first kappa shape index (κ1) is 16.6. The number of aryl methyl sites for hydroxylation is 2. The minimum atomic E-state index is -0.999. The summed E-state index contributed by atoms with van der Waals surface area (Å²) < 4.78 is 6.90. The van der Waals surface area contributed by atoms with Gasteiger partial charge in [0.05, 0.1) is 18.5 Å². The number of carbonyl (C=O) groups is 2. The molecule has 1 saturated heterocycles. The minimum Gasteiger partial charge on any atom is -0.495 e. The number of amides is 2. The van der Waals surface area contributed by atoms with Gasteiger partial charge in [-0.25, -0.2) is 4.90 Å². The maximum absolute atomic E-state index is 13.1. The number of oxime groups is 1. The number of halogens is 1. The van der Waals surface area contributed by atoms with Gasteiger partial charge in [0.2, 0.25) is 12.0 Å². The Labute approximate surface area is 153 Å². The molecule has 2 aliphatic rings. The standard InChI is InChI=1S/C17H15ClN4O4/c1-8-10(7-21(2)19-8)14-13-15(26-20-14)17(24)22(16(13)23)11-6-9(18)4-5-12(11)25-3/h4-7,13,15H,1-3H3/t13-,15-/m1/s1. The van der Waals surface area contributed by atoms with E-state index >= 15 is 0 Å². The van der Waals surface area contributed by atoms with E-state index in [2.05, 4.69) is 10.3 Å². The van der Waals surface area contributed by atoms with Crippen molar-refractivity contribution in [1.82, 2.24) is 9.78 Å². The van der Waals surface area contributed by atoms with E-state index in [9.17, 15) is 9.59 Å². The van der Waals surface area contributed by atoms with Gasteiger partial charge in [0, 0.05) is 23.8 Å². The third-order valence-corrected chi connectivity index (χ3v) is 4.72. The topological polar surface area (TPSA) is 86.0 Å². The van der Waals surface area contributed by atoms with Crippen LogP contribution < -0.4 is 9.64 Å². The van der Waals surface area contributed by atoms with Crippen molar-refractivity contribution < 1.29 is 19.2 Å². The molecule has 2 aromatic rings. The normalized spacial score (nSPS) is 21.7. The lowest BCUT2D eigenvalue weighted by Crippen LogP contribution is -2.33. The lowest BCUT2D eigenvalue weighted by atomic mass is 9.94. The summed E-state index contributed by atoms with van der Waals surface area (Å²) in [4.78, 5) is 32.3. The molecule has 134 valence electrons. The van der Waals surface area contributed by atoms with Gasteiger partial charge >= 0.3 is 0 Å². The molecule has 0 bridgehead atoms. The molecule has 0 unspecified atom stereocenters. The Hall–Kier alpha value is -2.87. The number of hydrogen-bond donors (Lipinski definition) is 0. The smallest absolute Gasteiger partial charge is 0.279 e. The summed E-state index contributed by atoms with van der Waals surface area (Å²) in [5.41, 5.74) is 2.08. The average Bonchev–Trinajstić information content (AvgIpc) is 3.23. The third-order valence-electron chi connectivity index (χ3n) is 4.48. The second-order valence-corrected chi connectivity index (χ2v) is 6.55. The molecule has 4 rings (SSSR count). The van der Waals surface area contributed by atoms with Gasteiger partial charge < -0.3 is 9.57 Å². The van der Waals surface area contributed by atoms with E-state index in [-0.39, 0.29) is 5.69 Å². The molecule has 9 heteroatoms. The number of ether oxygens (including phenoxy) is 1. The molecule has 0 radical (unpaired) electrons. The zero-order valence-electron chi connectivity index (χ0n) is 14.3. The fraction of sp³-hybridized carbons (Fsp3) is 0.294. The van der Waals surface area contributed by atoms with Crippen LogP contribution in [0.5, 0.6) is 5.75 Å². The van der Waals surface area contributed by atoms with Crippen molar-refractivity contribution in [3.63, 3.8) is 0 Å². The SMILES string of the molecule is COc1ccc(Cl)cc1N1C(=O)[C@@H]2C(c3cn(C)nc3C)=NO[C@H]2C1=O. The lowest BCUT2D eigenvalue weighted by molar-refractivity contribution is -0.126. The van der Waals surface area contributed by atoms with Gasteiger partial charge in [0.15, 0.2) is 0 Å². The number of nitrogens with zero attached hydrogens (tertiary/aromatic N) is 4. The molecule has 0 saturated carbocycles. The van der Waals surface area contributed by atoms with Crippen LogP contribution >= 0.6 is 11.6 Å². The molecule has 1 aromatic carbocycles. The van der Waals surface area contributed by atoms with Crippen LogP contribution in [0.2, 0.25) is 5.02 Å². The van der Waals surface area contributed by atoms with Gasteiger partial charge in [-0.1, -0.05) is 16.8 Å². The number of benzene rings is 1. The highest BCUT2D eigenvalue weighted by molar-refractivity contribution is 6.34. The number of rotatable bonds is 3. The Kier molecular flexibility index (Phi) is 3.73. The molecule has 8 nitrogen and oxygen atoms in total. The molecule has 26 heavy (non-hydrogen) atoms. The van der Waals surface area contributed by atoms with Crippen molar-refractivity contribution in [2.45, 2.75) is 13.0 Å². The first-order valence-corrected chi connectivity index (χ1v) is 8.26. The monoisotopic (exact) mass is 374 g/mol. The Balaban J connectivity index is 1.76. The Bertz CT molecular complexity index is 968. The number of aromatic nitrogens is 2. The fourth-order valence-electron chi connectivity index (χ4n) is 3.33. The first-order valence-electron chi connectivity index (χ1n) is 7.88. The summed E-state index contributed by atoms with van der Waals surface area (Å²) in [5, 5.41) is 8.64. The van der Waals surface area contributed by atoms with Crippen LogP contribution in [0.4, 0.5) is 5.69 Å². The van der Waals surface area contributed by atoms with Gasteiger partial charge in [-0.2, -0.15) is 5.10 Å². The van der Waals surface area contributed by atoms with Crippen LogP contribution in [-0.4, -0.2) is 40.5 Å². The number of hydrogen-bond acceptors (Lipinski definition) is 6. The second kappa shape index (κ2) is 5.84. The van der Waals surface area contributed by atoms with E-state index in [1.54, 1.807) is 30.1 Å². The van der Waals surface area contributed by atoms with Gasteiger partial charge in [0.1, 0.15) is 17.4 Å². The predicted molar refractivity (Wildman–Crippen MR) is 93.3 cm³/mol. The van der Waals surface area contributed by atoms with Gasteiger partial charge in [-0.3, -0.25) is 14.3 Å². The van der Waals surface area contributed by atoms with Crippen molar-refractivity contribution in [1.29, 1.82) is 0 Å². The van der Waals surface area contributed by atoms with Crippen LogP contribution in [0, 0.1) is 12.8 Å². The van der Waals surface area contributed by atoms with Crippen molar-refractivity contribution in [2.24, 2.45) is 18.1 Å². The highest BCUT2D eigenvalue weighted by Gasteiger charge is 2.57. The summed E-state index contributed by atoms with van der Waals surface area (Å²) in [7, 11) is 3.23. The third kappa shape index (κ3) is 2.29. The van der Waals surface area contributed by atoms with Crippen molar-refractivity contribution >= 4 is 34.8 Å². The number of methoxy groups -OCH3 is 1. The number of fused-ring (bicyclic) bond motifs is 1. The van der Waals surface area contributed by atoms with Crippen molar-refractivity contribution in [3.8, 4) is 5.75 Å². The second-order valence-electron chi connectivity index (χ2n) is 6.11. The lowest BCUT2D eigenvalue weighted by Gasteiger charge is -2.18. The zero-order chi connectivity index (χ0) is 18.6. The van der Waals surface area contributed by atoms with E-state index in [0.717, 1.165) is 4.90 Å². The Morgan fingerprint density at radius 2 is 2.04 bits per heavy atom. The molecule has 0 N–H and O–H groups in total. The van der Waals surface area contributed by atoms with E-state index in [4.69, 9.17) is 21.2 Å². The summed E-state index contributed by atoms with van der Waals surface area (Å²) >= 11 is 6.05. The quantitative estimate of drug-likeness (QED) is 0.763. The molecule has 3 heterocycles. The molecular weight excluding hydrogens is 360 g/mol. The zero-order valence-corrected chi connectivity index (χ0v) is 15.0. The molecule has 2 amide bonds. The summed E-state index contributed by atoms with van der Waals surface area (Å²) in [6.07, 6.45) is 0.751. The first-order chi connectivity index (χ1) is 12.4. The van der Waals surface area contributed by atoms with Crippen LogP contribution in [0.25, 0.3) is 0 Å². The number of carbonyl (C=O) groups excluding carboxylic acids is 2. The van der Waals surface area contributed by atoms with Crippen LogP contribution in [0.3, 0.4) is 0 Å². The van der Waals surface area contributed by atoms with Crippen molar-refractivity contribution in [3.05, 3.63) is 40.7 Å². The fourth-order valence-corrected chi connectivity index (χ4v) is 3.49. The maximum atomic E-state index is 13.1. The van der Waals surface area contributed by atoms with E-state index in [1.807, 2.05) is 6.92 Å². The molecule has 1 fully saturated rings. The molecule has 2 atom stereocenters. The van der Waals surface area contributed by atoms with E-state index < -0.39 is 23.8 Å². The number of anilines is 1. The molecule has 0 aliphatic carbocycles. The largest absolute Gasteiger partial charge is 0.495 e. The summed E-state index contributed by atoms with van der Waals surface area (Å²) in [6.45, 7) is 1.81. The van der Waals surface area contributed by atoms with Crippen LogP contribution in [-0.2, 0) is 21.5 Å². The van der Waals surface area contributed by atoms with Crippen molar-refractivity contribution in [2.75, 3.05) is 12.0 Å². The minimum absolute atomic E-state index is 0.287. The van der Waals surface area contributed by atoms with Gasteiger partial charge in [-0.15, -0.1) is 0 Å². The predicted octanol–water partition coefficient (Wildman–Crippen LogP) is 1.68. The highest BCUT2D eigenvalue weighted by Crippen LogP contribution is 2.40. The summed E-state index contributed by atoms with van der Waals surface area (Å²) in [6, 6.07) is 4.74. The molecule has 0 spiro atoms. The maximum Gasteiger partial charge on any atom is 0.279 e. The molecule has 2 aliphatic heterocycles. The Morgan fingerprint density at radius 1 is 1.27 bits per heavy atom. The average molecular weight is 375 g/mol. The van der Waals surface area contributed by atoms with Crippen LogP contribution in [0.15, 0.2) is 29.6 Å². The molecular formula is C17H15ClN4O4. The van der Waals surface area contributed by atoms with Gasteiger partial charge in [-0.05, 0) is 25.1 Å². The van der Waals surface area contributed by atoms with E-state index in [1.165, 1.54) is 13.2 Å². The summed E-state index contributed by atoms with van der Waals surface area (Å²) in [5.74, 6) is -1.39. The van der Waals surface area contributed by atoms with Crippen LogP contribution in [0.1, 0.15) is 11.3 Å². The Morgan fingerprint density at radius 3 is 2.69 bits per heavy atom. The van der Waals surface area contributed by atoms with E-state index in [0.29, 0.717) is 27.7 Å². The number of imide groups is 1. The molecule has 1 aromatic heterocycles. The highest BCUT2D eigenvalue weighted by atomic mass is 35.5.